The van der Waals surface area contributed by atoms with E-state index in [1.54, 1.807) is 6.07 Å². The molecule has 1 atom stereocenters. The zero-order valence-electron chi connectivity index (χ0n) is 15.2. The van der Waals surface area contributed by atoms with Crippen LogP contribution in [0.4, 0.5) is 11.4 Å². The van der Waals surface area contributed by atoms with Gasteiger partial charge in [-0.25, -0.2) is 13.1 Å². The van der Waals surface area contributed by atoms with Crippen LogP contribution in [0.15, 0.2) is 47.4 Å². The van der Waals surface area contributed by atoms with Crippen molar-refractivity contribution in [2.45, 2.75) is 10.9 Å². The van der Waals surface area contributed by atoms with E-state index >= 15 is 0 Å². The van der Waals surface area contributed by atoms with Crippen LogP contribution in [0.1, 0.15) is 11.6 Å². The molecule has 3 N–H and O–H groups in total. The molecule has 2 aromatic carbocycles. The molecule has 0 fully saturated rings. The van der Waals surface area contributed by atoms with Crippen molar-refractivity contribution in [1.82, 2.24) is 4.72 Å². The highest BCUT2D eigenvalue weighted by molar-refractivity contribution is 7.89. The van der Waals surface area contributed by atoms with Crippen LogP contribution < -0.4 is 14.9 Å². The molecule has 8 nitrogen and oxygen atoms in total. The van der Waals surface area contributed by atoms with Gasteiger partial charge in [-0.2, -0.15) is 0 Å². The maximum absolute atomic E-state index is 11.9. The van der Waals surface area contributed by atoms with Gasteiger partial charge >= 0.3 is 0 Å². The van der Waals surface area contributed by atoms with Crippen LogP contribution in [0, 0.1) is 10.1 Å². The Hall–Kier alpha value is -2.20. The topological polar surface area (TPSA) is 106 Å². The number of sulfonamides is 1. The van der Waals surface area contributed by atoms with Crippen molar-refractivity contribution < 1.29 is 18.2 Å². The number of hydrogen-bond donors (Lipinski definition) is 3. The molecule has 0 amide bonds. The molecule has 10 heteroatoms. The lowest BCUT2D eigenvalue weighted by Crippen LogP contribution is -3.06. The van der Waals surface area contributed by atoms with E-state index in [-0.39, 0.29) is 22.3 Å². The van der Waals surface area contributed by atoms with Gasteiger partial charge in [0.05, 0.1) is 30.5 Å². The SMILES string of the molecule is CNS(=O)(=O)c1ccc(NC[C@H](c2ccccc2Cl)[NH+](C)C)c([N+](=O)[O-])c1. The second-order valence-corrected chi connectivity index (χ2v) is 8.47. The van der Waals surface area contributed by atoms with E-state index in [4.69, 9.17) is 11.6 Å². The smallest absolute Gasteiger partial charge is 0.293 e. The minimum atomic E-state index is -3.77. The lowest BCUT2D eigenvalue weighted by molar-refractivity contribution is -0.890. The van der Waals surface area contributed by atoms with Gasteiger partial charge in [-0.15, -0.1) is 0 Å². The monoisotopic (exact) mass is 413 g/mol. The van der Waals surface area contributed by atoms with Crippen molar-refractivity contribution >= 4 is 33.0 Å². The molecule has 0 aliphatic heterocycles. The first-order chi connectivity index (χ1) is 12.7. The Morgan fingerprint density at radius 1 is 1.22 bits per heavy atom. The summed E-state index contributed by atoms with van der Waals surface area (Å²) in [5, 5.41) is 15.1. The number of nitro groups is 1. The van der Waals surface area contributed by atoms with Crippen LogP contribution in [0.3, 0.4) is 0 Å². The van der Waals surface area contributed by atoms with Gasteiger partial charge in [0.2, 0.25) is 10.0 Å². The molecular weight excluding hydrogens is 392 g/mol. The van der Waals surface area contributed by atoms with Crippen molar-refractivity contribution in [3.05, 3.63) is 63.2 Å². The highest BCUT2D eigenvalue weighted by atomic mass is 35.5. The number of likely N-dealkylation sites (N-methyl/N-ethyl adjacent to an activating group) is 1. The maximum atomic E-state index is 11.9. The van der Waals surface area contributed by atoms with Crippen molar-refractivity contribution in [1.29, 1.82) is 0 Å². The Morgan fingerprint density at radius 3 is 2.44 bits per heavy atom. The molecular formula is C17H22ClN4O4S+. The molecule has 0 bridgehead atoms. The van der Waals surface area contributed by atoms with Crippen molar-refractivity contribution in [2.75, 3.05) is 33.0 Å². The largest absolute Gasteiger partial charge is 0.373 e. The molecule has 0 aromatic heterocycles. The Bertz CT molecular complexity index is 934. The van der Waals surface area contributed by atoms with E-state index in [1.165, 1.54) is 19.2 Å². The van der Waals surface area contributed by atoms with Gasteiger partial charge < -0.3 is 10.2 Å². The number of benzene rings is 2. The number of hydrogen-bond acceptors (Lipinski definition) is 5. The molecule has 0 aliphatic carbocycles. The predicted octanol–water partition coefficient (Wildman–Crippen LogP) is 1.45. The molecule has 0 unspecified atom stereocenters. The number of anilines is 1. The standard InChI is InChI=1S/C17H21ClN4O4S/c1-19-27(25,26)12-8-9-15(16(10-12)22(23)24)20-11-17(21(2)3)13-6-4-5-7-14(13)18/h4-10,17,19-20H,11H2,1-3H3/p+1/t17-/m1/s1. The normalized spacial score (nSPS) is 12.8. The van der Waals surface area contributed by atoms with Crippen molar-refractivity contribution in [2.24, 2.45) is 0 Å². The Kier molecular flexibility index (Phi) is 6.77. The highest BCUT2D eigenvalue weighted by Crippen LogP contribution is 2.28. The number of rotatable bonds is 8. The minimum Gasteiger partial charge on any atom is -0.373 e. The number of nitrogens with zero attached hydrogens (tertiary/aromatic N) is 1. The average Bonchev–Trinajstić information content (AvgIpc) is 2.62. The molecule has 0 aliphatic rings. The van der Waals surface area contributed by atoms with Crippen molar-refractivity contribution in [3.8, 4) is 0 Å². The minimum absolute atomic E-state index is 0.0565. The number of quaternary nitrogens is 1. The summed E-state index contributed by atoms with van der Waals surface area (Å²) in [5.74, 6) is 0. The van der Waals surface area contributed by atoms with E-state index in [0.717, 1.165) is 16.5 Å². The quantitative estimate of drug-likeness (QED) is 0.448. The second-order valence-electron chi connectivity index (χ2n) is 6.18. The Morgan fingerprint density at radius 2 is 1.89 bits per heavy atom. The van der Waals surface area contributed by atoms with Gasteiger partial charge in [0.1, 0.15) is 11.7 Å². The van der Waals surface area contributed by atoms with Crippen LogP contribution in [0.25, 0.3) is 0 Å². The lowest BCUT2D eigenvalue weighted by Gasteiger charge is -2.23. The average molecular weight is 414 g/mol. The molecule has 0 saturated heterocycles. The molecule has 0 radical (unpaired) electrons. The fraction of sp³-hybridized carbons (Fsp3) is 0.294. The summed E-state index contributed by atoms with van der Waals surface area (Å²) in [6, 6.07) is 11.2. The van der Waals surface area contributed by atoms with Crippen LogP contribution in [-0.2, 0) is 10.0 Å². The first-order valence-corrected chi connectivity index (χ1v) is 10.0. The molecule has 0 spiro atoms. The predicted molar refractivity (Wildman–Crippen MR) is 105 cm³/mol. The highest BCUT2D eigenvalue weighted by Gasteiger charge is 2.24. The van der Waals surface area contributed by atoms with E-state index in [2.05, 4.69) is 10.0 Å². The Balaban J connectivity index is 2.33. The summed E-state index contributed by atoms with van der Waals surface area (Å²) < 4.78 is 25.9. The summed E-state index contributed by atoms with van der Waals surface area (Å²) in [7, 11) is 1.41. The maximum Gasteiger partial charge on any atom is 0.293 e. The summed E-state index contributed by atoms with van der Waals surface area (Å²) in [6.45, 7) is 0.380. The first-order valence-electron chi connectivity index (χ1n) is 8.17. The lowest BCUT2D eigenvalue weighted by atomic mass is 10.1. The molecule has 2 rings (SSSR count). The number of nitrogens with one attached hydrogen (secondary N) is 3. The summed E-state index contributed by atoms with van der Waals surface area (Å²) >= 11 is 6.29. The van der Waals surface area contributed by atoms with E-state index in [0.29, 0.717) is 11.6 Å². The van der Waals surface area contributed by atoms with Crippen LogP contribution in [0.5, 0.6) is 0 Å². The van der Waals surface area contributed by atoms with E-state index in [9.17, 15) is 18.5 Å². The van der Waals surface area contributed by atoms with Gasteiger partial charge in [0.15, 0.2) is 0 Å². The number of nitro benzene ring substituents is 1. The third-order valence-corrected chi connectivity index (χ3v) is 5.98. The van der Waals surface area contributed by atoms with Gasteiger partial charge in [-0.1, -0.05) is 29.8 Å². The summed E-state index contributed by atoms with van der Waals surface area (Å²) in [6.07, 6.45) is 0. The van der Waals surface area contributed by atoms with Gasteiger partial charge in [0, 0.05) is 16.7 Å². The van der Waals surface area contributed by atoms with E-state index in [1.807, 2.05) is 32.3 Å². The van der Waals surface area contributed by atoms with Crippen LogP contribution in [0.2, 0.25) is 5.02 Å². The molecule has 2 aromatic rings. The first kappa shape index (κ1) is 21.1. The number of halogens is 1. The zero-order chi connectivity index (χ0) is 20.2. The van der Waals surface area contributed by atoms with Crippen LogP contribution >= 0.6 is 11.6 Å². The molecule has 27 heavy (non-hydrogen) atoms. The Labute approximate surface area is 163 Å². The van der Waals surface area contributed by atoms with Crippen LogP contribution in [-0.4, -0.2) is 41.0 Å². The van der Waals surface area contributed by atoms with Crippen molar-refractivity contribution in [3.63, 3.8) is 0 Å². The molecule has 0 heterocycles. The molecule has 0 saturated carbocycles. The zero-order valence-corrected chi connectivity index (χ0v) is 16.8. The summed E-state index contributed by atoms with van der Waals surface area (Å²) in [4.78, 5) is 11.7. The molecule has 146 valence electrons. The second kappa shape index (κ2) is 8.66. The van der Waals surface area contributed by atoms with Gasteiger partial charge in [-0.05, 0) is 25.2 Å². The third-order valence-electron chi connectivity index (χ3n) is 4.22. The van der Waals surface area contributed by atoms with Gasteiger partial charge in [-0.3, -0.25) is 10.1 Å². The third kappa shape index (κ3) is 4.95. The van der Waals surface area contributed by atoms with E-state index < -0.39 is 14.9 Å². The fourth-order valence-electron chi connectivity index (χ4n) is 2.69. The fourth-order valence-corrected chi connectivity index (χ4v) is 3.71. The van der Waals surface area contributed by atoms with Gasteiger partial charge in [0.25, 0.3) is 5.69 Å². The summed E-state index contributed by atoms with van der Waals surface area (Å²) in [5.41, 5.74) is 0.857.